The summed E-state index contributed by atoms with van der Waals surface area (Å²) in [5.41, 5.74) is -1.23. The Morgan fingerprint density at radius 3 is 2.85 bits per heavy atom. The van der Waals surface area contributed by atoms with Crippen molar-refractivity contribution in [2.75, 3.05) is 6.61 Å². The second-order valence-corrected chi connectivity index (χ2v) is 4.47. The first kappa shape index (κ1) is 12.6. The maximum Gasteiger partial charge on any atom is 0.341 e. The monoisotopic (exact) mass is 281 g/mol. The summed E-state index contributed by atoms with van der Waals surface area (Å²) in [4.78, 5) is 23.1. The fraction of sp³-hybridized carbons (Fsp3) is 0.231. The second-order valence-electron chi connectivity index (χ2n) is 4.47. The topological polar surface area (TPSA) is 68.5 Å². The zero-order valence-electron chi connectivity index (χ0n) is 10.2. The molecule has 0 radical (unpaired) electrons. The lowest BCUT2D eigenvalue weighted by atomic mass is 10.1. The molecule has 2 aromatic rings. The molecule has 0 unspecified atom stereocenters. The van der Waals surface area contributed by atoms with Crippen molar-refractivity contribution < 1.29 is 23.4 Å². The summed E-state index contributed by atoms with van der Waals surface area (Å²) in [6.07, 6.45) is 1.63. The van der Waals surface area contributed by atoms with Crippen LogP contribution in [0.5, 0.6) is 5.75 Å². The highest BCUT2D eigenvalue weighted by Gasteiger charge is 2.24. The van der Waals surface area contributed by atoms with E-state index in [1.165, 1.54) is 4.57 Å². The zero-order valence-corrected chi connectivity index (χ0v) is 10.2. The molecule has 0 spiro atoms. The van der Waals surface area contributed by atoms with Gasteiger partial charge in [0.1, 0.15) is 5.56 Å². The molecular formula is C13H9F2NO4. The minimum atomic E-state index is -1.41. The van der Waals surface area contributed by atoms with Crippen LogP contribution in [-0.2, 0) is 6.54 Å². The third-order valence-electron chi connectivity index (χ3n) is 3.23. The predicted molar refractivity (Wildman–Crippen MR) is 65.2 cm³/mol. The van der Waals surface area contributed by atoms with Crippen molar-refractivity contribution in [3.05, 3.63) is 39.7 Å². The van der Waals surface area contributed by atoms with Crippen LogP contribution >= 0.6 is 0 Å². The first-order valence-corrected chi connectivity index (χ1v) is 5.92. The molecule has 1 aromatic carbocycles. The van der Waals surface area contributed by atoms with Gasteiger partial charge in [0, 0.05) is 12.7 Å². The van der Waals surface area contributed by atoms with Crippen LogP contribution in [0.2, 0.25) is 0 Å². The molecule has 3 rings (SSSR count). The molecule has 1 aliphatic rings. The van der Waals surface area contributed by atoms with Gasteiger partial charge in [-0.05, 0) is 12.5 Å². The average Bonchev–Trinajstić information content (AvgIpc) is 2.61. The average molecular weight is 281 g/mol. The van der Waals surface area contributed by atoms with Gasteiger partial charge < -0.3 is 14.4 Å². The second kappa shape index (κ2) is 4.29. The molecule has 0 atom stereocenters. The van der Waals surface area contributed by atoms with Gasteiger partial charge in [0.05, 0.1) is 17.5 Å². The lowest BCUT2D eigenvalue weighted by Gasteiger charge is -2.12. The molecule has 7 heteroatoms. The van der Waals surface area contributed by atoms with E-state index in [0.29, 0.717) is 19.0 Å². The molecule has 0 saturated heterocycles. The third-order valence-corrected chi connectivity index (χ3v) is 3.23. The number of halogens is 2. The SMILES string of the molecule is O=C(O)c1cn2c3c(c(F)c(F)cc3c1=O)OCCC2. The maximum absolute atomic E-state index is 13.8. The van der Waals surface area contributed by atoms with E-state index in [1.54, 1.807) is 0 Å². The molecule has 1 N–H and O–H groups in total. The van der Waals surface area contributed by atoms with Crippen LogP contribution in [0, 0.1) is 11.6 Å². The Labute approximate surface area is 111 Å². The Morgan fingerprint density at radius 2 is 2.15 bits per heavy atom. The molecule has 1 aliphatic heterocycles. The number of nitrogens with zero attached hydrogens (tertiary/aromatic N) is 1. The largest absolute Gasteiger partial charge is 0.488 e. The van der Waals surface area contributed by atoms with Crippen LogP contribution in [0.1, 0.15) is 16.8 Å². The molecule has 0 aliphatic carbocycles. The van der Waals surface area contributed by atoms with Gasteiger partial charge in [0.2, 0.25) is 11.2 Å². The number of carboxylic acid groups (broad SMARTS) is 1. The summed E-state index contributed by atoms with van der Waals surface area (Å²) in [6.45, 7) is 0.517. The van der Waals surface area contributed by atoms with Crippen LogP contribution in [0.3, 0.4) is 0 Å². The highest BCUT2D eigenvalue weighted by atomic mass is 19.2. The summed E-state index contributed by atoms with van der Waals surface area (Å²) in [6, 6.07) is 0.716. The summed E-state index contributed by atoms with van der Waals surface area (Å²) >= 11 is 0. The van der Waals surface area contributed by atoms with E-state index < -0.39 is 28.6 Å². The number of aromatic carboxylic acids is 1. The Bertz CT molecular complexity index is 797. The number of hydrogen-bond donors (Lipinski definition) is 1. The Morgan fingerprint density at radius 1 is 1.40 bits per heavy atom. The number of rotatable bonds is 1. The fourth-order valence-electron chi connectivity index (χ4n) is 2.35. The van der Waals surface area contributed by atoms with E-state index >= 15 is 0 Å². The van der Waals surface area contributed by atoms with E-state index in [1.807, 2.05) is 0 Å². The Hall–Kier alpha value is -2.44. The standard InChI is InChI=1S/C13H9F2NO4/c14-8-4-6-10-12(9(8)15)20-3-1-2-16(10)5-7(11(6)17)13(18)19/h4-5H,1-3H2,(H,18,19). The maximum atomic E-state index is 13.8. The van der Waals surface area contributed by atoms with Gasteiger partial charge in [-0.2, -0.15) is 4.39 Å². The summed E-state index contributed by atoms with van der Waals surface area (Å²) < 4.78 is 33.9. The van der Waals surface area contributed by atoms with E-state index in [4.69, 9.17) is 9.84 Å². The molecule has 5 nitrogen and oxygen atoms in total. The van der Waals surface area contributed by atoms with Gasteiger partial charge in [-0.3, -0.25) is 4.79 Å². The molecular weight excluding hydrogens is 272 g/mol. The molecule has 104 valence electrons. The summed E-state index contributed by atoms with van der Waals surface area (Å²) in [5, 5.41) is 8.82. The number of hydrogen-bond acceptors (Lipinski definition) is 3. The normalized spacial score (nSPS) is 13.9. The van der Waals surface area contributed by atoms with Gasteiger partial charge in [-0.25, -0.2) is 9.18 Å². The molecule has 20 heavy (non-hydrogen) atoms. The number of aromatic nitrogens is 1. The van der Waals surface area contributed by atoms with E-state index in [-0.39, 0.29) is 23.3 Å². The first-order chi connectivity index (χ1) is 9.50. The smallest absolute Gasteiger partial charge is 0.341 e. The Kier molecular flexibility index (Phi) is 2.70. The number of carbonyl (C=O) groups is 1. The van der Waals surface area contributed by atoms with Gasteiger partial charge in [-0.1, -0.05) is 0 Å². The number of benzene rings is 1. The number of pyridine rings is 1. The van der Waals surface area contributed by atoms with Crippen molar-refractivity contribution in [2.24, 2.45) is 0 Å². The highest BCUT2D eigenvalue weighted by Crippen LogP contribution is 2.31. The predicted octanol–water partition coefficient (Wildman–Crippen LogP) is 1.76. The number of aryl methyl sites for hydroxylation is 1. The fourth-order valence-corrected chi connectivity index (χ4v) is 2.35. The van der Waals surface area contributed by atoms with Crippen LogP contribution in [0.25, 0.3) is 10.9 Å². The van der Waals surface area contributed by atoms with Crippen LogP contribution in [0.4, 0.5) is 8.78 Å². The van der Waals surface area contributed by atoms with Gasteiger partial charge in [0.15, 0.2) is 11.6 Å². The van der Waals surface area contributed by atoms with Crippen molar-refractivity contribution in [1.82, 2.24) is 4.57 Å². The molecule has 1 aromatic heterocycles. The molecule has 0 amide bonds. The molecule has 0 bridgehead atoms. The van der Waals surface area contributed by atoms with E-state index in [9.17, 15) is 18.4 Å². The van der Waals surface area contributed by atoms with Crippen LogP contribution in [-0.4, -0.2) is 22.2 Å². The van der Waals surface area contributed by atoms with Crippen molar-refractivity contribution in [2.45, 2.75) is 13.0 Å². The van der Waals surface area contributed by atoms with Crippen molar-refractivity contribution >= 4 is 16.9 Å². The van der Waals surface area contributed by atoms with E-state index in [2.05, 4.69) is 0 Å². The third kappa shape index (κ3) is 1.66. The van der Waals surface area contributed by atoms with Crippen molar-refractivity contribution in [3.8, 4) is 5.75 Å². The molecule has 0 saturated carbocycles. The molecule has 2 heterocycles. The van der Waals surface area contributed by atoms with Gasteiger partial charge in [-0.15, -0.1) is 0 Å². The lowest BCUT2D eigenvalue weighted by molar-refractivity contribution is 0.0695. The minimum absolute atomic E-state index is 0.0939. The lowest BCUT2D eigenvalue weighted by Crippen LogP contribution is -2.19. The first-order valence-electron chi connectivity index (χ1n) is 5.92. The van der Waals surface area contributed by atoms with Crippen LogP contribution < -0.4 is 10.2 Å². The van der Waals surface area contributed by atoms with Gasteiger partial charge >= 0.3 is 5.97 Å². The minimum Gasteiger partial charge on any atom is -0.488 e. The Balaban J connectivity index is 2.54. The zero-order chi connectivity index (χ0) is 14.4. The highest BCUT2D eigenvalue weighted by molar-refractivity contribution is 5.94. The quantitative estimate of drug-likeness (QED) is 0.864. The summed E-state index contributed by atoms with van der Waals surface area (Å²) in [5.74, 6) is -4.15. The number of ether oxygens (including phenoxy) is 1. The van der Waals surface area contributed by atoms with Gasteiger partial charge in [0.25, 0.3) is 0 Å². The van der Waals surface area contributed by atoms with Crippen LogP contribution in [0.15, 0.2) is 17.1 Å². The van der Waals surface area contributed by atoms with E-state index in [0.717, 1.165) is 6.20 Å². The summed E-state index contributed by atoms with van der Waals surface area (Å²) in [7, 11) is 0. The molecule has 0 fully saturated rings. The van der Waals surface area contributed by atoms with Crippen molar-refractivity contribution in [3.63, 3.8) is 0 Å². The number of carboxylic acids is 1. The van der Waals surface area contributed by atoms with Crippen molar-refractivity contribution in [1.29, 1.82) is 0 Å².